The Morgan fingerprint density at radius 1 is 1.16 bits per heavy atom. The van der Waals surface area contributed by atoms with Crippen LogP contribution >= 0.6 is 11.3 Å². The van der Waals surface area contributed by atoms with Gasteiger partial charge in [-0.1, -0.05) is 6.08 Å². The van der Waals surface area contributed by atoms with Gasteiger partial charge >= 0.3 is 0 Å². The summed E-state index contributed by atoms with van der Waals surface area (Å²) in [6.07, 6.45) is 13.1. The predicted octanol–water partition coefficient (Wildman–Crippen LogP) is 3.76. The molecular weight excluding hydrogens is 332 g/mol. The molecule has 4 rings (SSSR count). The molecule has 0 atom stereocenters. The molecule has 126 valence electrons. The highest BCUT2D eigenvalue weighted by Gasteiger charge is 2.18. The van der Waals surface area contributed by atoms with Crippen molar-refractivity contribution in [3.8, 4) is 21.1 Å². The van der Waals surface area contributed by atoms with Crippen LogP contribution in [0, 0.1) is 0 Å². The van der Waals surface area contributed by atoms with E-state index in [0.717, 1.165) is 51.8 Å². The second-order valence-electron chi connectivity index (χ2n) is 5.92. The zero-order valence-corrected chi connectivity index (χ0v) is 14.5. The van der Waals surface area contributed by atoms with Crippen molar-refractivity contribution in [2.45, 2.75) is 25.7 Å². The number of aryl methyl sites for hydroxylation is 1. The number of nitrogens with zero attached hydrogens (tertiary/aromatic N) is 4. The largest absolute Gasteiger partial charge is 0.396 e. The number of hydrogen-bond donors (Lipinski definition) is 1. The minimum Gasteiger partial charge on any atom is -0.396 e. The number of aliphatic hydroxyl groups excluding tert-OH is 1. The number of aliphatic hydroxyl groups is 1. The second kappa shape index (κ2) is 7.21. The van der Waals surface area contributed by atoms with Crippen LogP contribution in [0.25, 0.3) is 26.7 Å². The standard InChI is InChI=1S/C19H18N4OS/c24-9-3-6-13-4-1-7-15-18(13)23-16(11-21-15)17-12-22-19(25-17)14-5-2-8-20-10-14/h2,5-6,8,10-12,24H,1,3-4,7,9H2/b13-6+. The van der Waals surface area contributed by atoms with Gasteiger partial charge in [-0.25, -0.2) is 9.97 Å². The van der Waals surface area contributed by atoms with Gasteiger partial charge in [-0.2, -0.15) is 0 Å². The van der Waals surface area contributed by atoms with E-state index in [4.69, 9.17) is 10.1 Å². The van der Waals surface area contributed by atoms with Crippen LogP contribution in [0.5, 0.6) is 0 Å². The van der Waals surface area contributed by atoms with Crippen molar-refractivity contribution in [1.29, 1.82) is 0 Å². The summed E-state index contributed by atoms with van der Waals surface area (Å²) in [5.74, 6) is 0. The summed E-state index contributed by atoms with van der Waals surface area (Å²) in [6.45, 7) is 0.162. The fraction of sp³-hybridized carbons (Fsp3) is 0.263. The molecule has 0 unspecified atom stereocenters. The topological polar surface area (TPSA) is 71.8 Å². The number of fused-ring (bicyclic) bond motifs is 1. The average Bonchev–Trinajstić information content (AvgIpc) is 3.17. The van der Waals surface area contributed by atoms with E-state index in [1.807, 2.05) is 30.7 Å². The molecule has 1 aliphatic rings. The number of allylic oxidation sites excluding steroid dienone is 1. The molecule has 0 fully saturated rings. The fourth-order valence-electron chi connectivity index (χ4n) is 2.99. The van der Waals surface area contributed by atoms with E-state index < -0.39 is 0 Å². The van der Waals surface area contributed by atoms with Crippen LogP contribution < -0.4 is 0 Å². The van der Waals surface area contributed by atoms with Crippen LogP contribution in [0.1, 0.15) is 30.7 Å². The van der Waals surface area contributed by atoms with Gasteiger partial charge < -0.3 is 5.11 Å². The van der Waals surface area contributed by atoms with Gasteiger partial charge in [0.15, 0.2) is 0 Å². The van der Waals surface area contributed by atoms with E-state index in [9.17, 15) is 0 Å². The Morgan fingerprint density at radius 2 is 2.12 bits per heavy atom. The maximum atomic E-state index is 9.10. The van der Waals surface area contributed by atoms with Crippen molar-refractivity contribution in [3.63, 3.8) is 0 Å². The molecule has 3 aromatic heterocycles. The summed E-state index contributed by atoms with van der Waals surface area (Å²) in [5, 5.41) is 10.0. The Hall–Kier alpha value is -2.44. The molecule has 3 aromatic rings. The van der Waals surface area contributed by atoms with Crippen molar-refractivity contribution < 1.29 is 5.11 Å². The van der Waals surface area contributed by atoms with Crippen LogP contribution in [0.2, 0.25) is 0 Å². The van der Waals surface area contributed by atoms with Crippen LogP contribution in [0.4, 0.5) is 0 Å². The normalized spacial score (nSPS) is 15.3. The number of aromatic nitrogens is 4. The maximum absolute atomic E-state index is 9.10. The lowest BCUT2D eigenvalue weighted by Gasteiger charge is -2.17. The molecular formula is C19H18N4OS. The zero-order chi connectivity index (χ0) is 17.1. The average molecular weight is 350 g/mol. The Labute approximate surface area is 150 Å². The molecule has 0 saturated heterocycles. The van der Waals surface area contributed by atoms with E-state index in [1.165, 1.54) is 5.57 Å². The van der Waals surface area contributed by atoms with Gasteiger partial charge in [0, 0.05) is 30.8 Å². The van der Waals surface area contributed by atoms with Gasteiger partial charge in [-0.05, 0) is 43.4 Å². The van der Waals surface area contributed by atoms with Crippen molar-refractivity contribution in [3.05, 3.63) is 54.4 Å². The molecule has 0 amide bonds. The summed E-state index contributed by atoms with van der Waals surface area (Å²) >= 11 is 1.60. The first kappa shape index (κ1) is 16.1. The molecule has 0 bridgehead atoms. The van der Waals surface area contributed by atoms with Crippen molar-refractivity contribution in [1.82, 2.24) is 19.9 Å². The number of rotatable bonds is 4. The Morgan fingerprint density at radius 3 is 2.96 bits per heavy atom. The highest BCUT2D eigenvalue weighted by Crippen LogP contribution is 2.34. The van der Waals surface area contributed by atoms with Gasteiger partial charge in [0.05, 0.1) is 22.5 Å². The van der Waals surface area contributed by atoms with Crippen molar-refractivity contribution in [2.24, 2.45) is 0 Å². The molecule has 0 aliphatic heterocycles. The van der Waals surface area contributed by atoms with Crippen LogP contribution in [-0.4, -0.2) is 31.6 Å². The quantitative estimate of drug-likeness (QED) is 0.775. The molecule has 6 heteroatoms. The van der Waals surface area contributed by atoms with E-state index in [2.05, 4.69) is 21.0 Å². The third-order valence-corrected chi connectivity index (χ3v) is 5.27. The number of pyridine rings is 1. The van der Waals surface area contributed by atoms with Crippen molar-refractivity contribution >= 4 is 16.9 Å². The molecule has 0 spiro atoms. The van der Waals surface area contributed by atoms with Crippen molar-refractivity contribution in [2.75, 3.05) is 6.61 Å². The molecule has 0 saturated carbocycles. The van der Waals surface area contributed by atoms with Gasteiger partial charge in [-0.15, -0.1) is 11.3 Å². The number of thiazole rings is 1. The monoisotopic (exact) mass is 350 g/mol. The summed E-state index contributed by atoms with van der Waals surface area (Å²) in [4.78, 5) is 19.2. The molecule has 25 heavy (non-hydrogen) atoms. The molecule has 1 aliphatic carbocycles. The van der Waals surface area contributed by atoms with E-state index in [-0.39, 0.29) is 6.61 Å². The third kappa shape index (κ3) is 3.36. The Kier molecular flexibility index (Phi) is 4.63. The maximum Gasteiger partial charge on any atom is 0.125 e. The Balaban J connectivity index is 1.69. The summed E-state index contributed by atoms with van der Waals surface area (Å²) in [5.41, 5.74) is 5.09. The predicted molar refractivity (Wildman–Crippen MR) is 99.0 cm³/mol. The molecule has 1 N–H and O–H groups in total. The van der Waals surface area contributed by atoms with Crippen LogP contribution in [0.3, 0.4) is 0 Å². The fourth-order valence-corrected chi connectivity index (χ4v) is 3.85. The summed E-state index contributed by atoms with van der Waals surface area (Å²) in [6, 6.07) is 3.91. The van der Waals surface area contributed by atoms with Gasteiger partial charge in [0.2, 0.25) is 0 Å². The highest BCUT2D eigenvalue weighted by molar-refractivity contribution is 7.18. The van der Waals surface area contributed by atoms with Crippen LogP contribution in [0.15, 0.2) is 43.0 Å². The summed E-state index contributed by atoms with van der Waals surface area (Å²) in [7, 11) is 0. The van der Waals surface area contributed by atoms with E-state index >= 15 is 0 Å². The minimum atomic E-state index is 0.162. The van der Waals surface area contributed by atoms with Crippen LogP contribution in [-0.2, 0) is 6.42 Å². The lowest BCUT2D eigenvalue weighted by molar-refractivity contribution is 0.302. The molecule has 5 nitrogen and oxygen atoms in total. The molecule has 3 heterocycles. The zero-order valence-electron chi connectivity index (χ0n) is 13.7. The van der Waals surface area contributed by atoms with Gasteiger partial charge in [0.25, 0.3) is 0 Å². The number of hydrogen-bond acceptors (Lipinski definition) is 6. The molecule has 0 radical (unpaired) electrons. The smallest absolute Gasteiger partial charge is 0.125 e. The third-order valence-electron chi connectivity index (χ3n) is 4.20. The van der Waals surface area contributed by atoms with E-state index in [0.29, 0.717) is 6.42 Å². The lowest BCUT2D eigenvalue weighted by Crippen LogP contribution is -2.08. The highest BCUT2D eigenvalue weighted by atomic mass is 32.1. The first-order chi connectivity index (χ1) is 12.3. The minimum absolute atomic E-state index is 0.162. The first-order valence-electron chi connectivity index (χ1n) is 8.38. The SMILES string of the molecule is OCC/C=C1\CCCc2ncc(-c3cnc(-c4cccnc4)s3)nc21. The summed E-state index contributed by atoms with van der Waals surface area (Å²) < 4.78 is 0. The second-order valence-corrected chi connectivity index (χ2v) is 6.95. The lowest BCUT2D eigenvalue weighted by atomic mass is 9.94. The van der Waals surface area contributed by atoms with E-state index in [1.54, 1.807) is 17.5 Å². The Bertz CT molecular complexity index is 905. The van der Waals surface area contributed by atoms with Gasteiger partial charge in [0.1, 0.15) is 10.7 Å². The first-order valence-corrected chi connectivity index (χ1v) is 9.19. The van der Waals surface area contributed by atoms with Gasteiger partial charge in [-0.3, -0.25) is 9.97 Å². The molecule has 0 aromatic carbocycles.